The Bertz CT molecular complexity index is 928. The number of rotatable bonds is 7. The molecule has 1 heteroatoms. The van der Waals surface area contributed by atoms with Gasteiger partial charge in [-0.3, -0.25) is 0 Å². The van der Waals surface area contributed by atoms with Crippen LogP contribution < -0.4 is 10.7 Å². The molecule has 1 atom stereocenters. The van der Waals surface area contributed by atoms with Crippen LogP contribution in [0.15, 0.2) is 134 Å². The van der Waals surface area contributed by atoms with Crippen LogP contribution >= 0.6 is 0 Å². The van der Waals surface area contributed by atoms with Gasteiger partial charge in [0, 0.05) is 0 Å². The molecule has 0 amide bonds. The molecule has 0 aliphatic rings. The third-order valence-electron chi connectivity index (χ3n) is 5.83. The van der Waals surface area contributed by atoms with Crippen molar-refractivity contribution in [3.05, 3.63) is 140 Å². The zero-order valence-electron chi connectivity index (χ0n) is 16.6. The molecule has 0 spiro atoms. The second-order valence-corrected chi connectivity index (χ2v) is 19.1. The Hall–Kier alpha value is -2.58. The van der Waals surface area contributed by atoms with E-state index < -0.39 is 18.4 Å². The Kier molecular flexibility index (Phi) is 6.31. The topological polar surface area (TPSA) is 0 Å². The predicted molar refractivity (Wildman–Crippen MR) is 128 cm³/mol. The molecule has 0 heterocycles. The summed E-state index contributed by atoms with van der Waals surface area (Å²) in [6.45, 7) is 4.35. The van der Waals surface area contributed by atoms with Crippen molar-refractivity contribution in [2.45, 2.75) is 10.4 Å². The van der Waals surface area contributed by atoms with E-state index in [1.165, 1.54) is 16.3 Å². The molecule has 0 N–H and O–H groups in total. The van der Waals surface area contributed by atoms with E-state index in [0.29, 0.717) is 3.93 Å². The first-order chi connectivity index (χ1) is 14.4. The van der Waals surface area contributed by atoms with Gasteiger partial charge >= 0.3 is 179 Å². The van der Waals surface area contributed by atoms with Gasteiger partial charge in [-0.2, -0.15) is 0 Å². The summed E-state index contributed by atoms with van der Waals surface area (Å²) in [6.07, 6.45) is 3.25. The molecule has 142 valence electrons. The number of hydrogen-bond acceptors (Lipinski definition) is 0. The van der Waals surface area contributed by atoms with E-state index >= 15 is 0 Å². The van der Waals surface area contributed by atoms with Crippen molar-refractivity contribution in [2.24, 2.45) is 0 Å². The Morgan fingerprint density at radius 1 is 0.552 bits per heavy atom. The van der Waals surface area contributed by atoms with E-state index in [4.69, 9.17) is 0 Å². The molecule has 0 saturated heterocycles. The molecule has 0 aliphatic heterocycles. The van der Waals surface area contributed by atoms with Crippen LogP contribution in [0.2, 0.25) is 3.93 Å². The maximum atomic E-state index is 4.35. The molecule has 0 saturated carbocycles. The molecule has 0 nitrogen and oxygen atoms in total. The molecule has 0 bridgehead atoms. The fourth-order valence-corrected chi connectivity index (χ4v) is 19.8. The first-order valence-electron chi connectivity index (χ1n) is 10.2. The molecule has 0 aliphatic carbocycles. The predicted octanol–water partition coefficient (Wildman–Crippen LogP) is 4.96. The third kappa shape index (κ3) is 3.95. The first-order valence-corrected chi connectivity index (χ1v) is 16.1. The summed E-state index contributed by atoms with van der Waals surface area (Å²) in [6, 6.07) is 44.4. The van der Waals surface area contributed by atoms with Gasteiger partial charge in [0.05, 0.1) is 0 Å². The Morgan fingerprint density at radius 3 is 1.24 bits per heavy atom. The van der Waals surface area contributed by atoms with Crippen molar-refractivity contribution in [3.63, 3.8) is 0 Å². The van der Waals surface area contributed by atoms with Crippen LogP contribution in [0, 0.1) is 0 Å². The van der Waals surface area contributed by atoms with Crippen molar-refractivity contribution >= 4 is 29.1 Å². The van der Waals surface area contributed by atoms with E-state index in [1.54, 1.807) is 0 Å². The van der Waals surface area contributed by atoms with Gasteiger partial charge in [0.25, 0.3) is 0 Å². The normalized spacial score (nSPS) is 12.3. The third-order valence-corrected chi connectivity index (χ3v) is 20.9. The zero-order valence-corrected chi connectivity index (χ0v) is 19.5. The molecule has 0 fully saturated rings. The maximum absolute atomic E-state index is 4.35. The summed E-state index contributed by atoms with van der Waals surface area (Å²) < 4.78 is 4.90. The van der Waals surface area contributed by atoms with Crippen LogP contribution in [-0.2, 0) is 6.42 Å². The molecule has 0 aromatic heterocycles. The van der Waals surface area contributed by atoms with E-state index in [1.807, 2.05) is 0 Å². The quantitative estimate of drug-likeness (QED) is 0.259. The number of allylic oxidation sites excluding steroid dienone is 1. The Morgan fingerprint density at radius 2 is 0.897 bits per heavy atom. The first kappa shape index (κ1) is 19.7. The monoisotopic (exact) mass is 482 g/mol. The molecule has 4 rings (SSSR count). The van der Waals surface area contributed by atoms with Gasteiger partial charge in [-0.05, 0) is 0 Å². The standard InChI is InChI=1S/C10H11.3C6H5.Sn/c1-2-3-7-10-8-5-4-6-9-10;3*1-2-4-6-5-3-1;/h2-6,8-9H,1,7H2;3*1-5H;. The molecular formula is C28H26Sn. The molecule has 4 aromatic carbocycles. The van der Waals surface area contributed by atoms with E-state index in [0.717, 1.165) is 6.42 Å². The molecular weight excluding hydrogens is 455 g/mol. The average Bonchev–Trinajstić information content (AvgIpc) is 2.82. The van der Waals surface area contributed by atoms with Gasteiger partial charge < -0.3 is 0 Å². The summed E-state index contributed by atoms with van der Waals surface area (Å²) in [7, 11) is 0. The van der Waals surface area contributed by atoms with Crippen LogP contribution in [0.5, 0.6) is 0 Å². The van der Waals surface area contributed by atoms with Gasteiger partial charge in [0.2, 0.25) is 0 Å². The Balaban J connectivity index is 2.00. The number of hydrogen-bond donors (Lipinski definition) is 0. The summed E-state index contributed by atoms with van der Waals surface area (Å²) in [4.78, 5) is 0. The molecule has 29 heavy (non-hydrogen) atoms. The minimum atomic E-state index is -3.40. The van der Waals surface area contributed by atoms with E-state index in [9.17, 15) is 0 Å². The van der Waals surface area contributed by atoms with Crippen molar-refractivity contribution < 1.29 is 0 Å². The van der Waals surface area contributed by atoms with Gasteiger partial charge in [0.1, 0.15) is 0 Å². The van der Waals surface area contributed by atoms with Gasteiger partial charge in [-0.25, -0.2) is 0 Å². The number of benzene rings is 4. The van der Waals surface area contributed by atoms with Crippen LogP contribution in [0.3, 0.4) is 0 Å². The second-order valence-electron chi connectivity index (χ2n) is 7.44. The van der Waals surface area contributed by atoms with Gasteiger partial charge in [-0.15, -0.1) is 0 Å². The van der Waals surface area contributed by atoms with Crippen LogP contribution in [0.25, 0.3) is 0 Å². The van der Waals surface area contributed by atoms with Crippen molar-refractivity contribution in [3.8, 4) is 0 Å². The summed E-state index contributed by atoms with van der Waals surface area (Å²) in [5, 5.41) is 0. The van der Waals surface area contributed by atoms with Gasteiger partial charge in [-0.1, -0.05) is 0 Å². The SMILES string of the molecule is C=C[CH](Cc1ccccc1)[Sn]([c]1ccccc1)([c]1ccccc1)[c]1ccccc1. The molecule has 0 radical (unpaired) electrons. The van der Waals surface area contributed by atoms with Crippen molar-refractivity contribution in [1.82, 2.24) is 0 Å². The van der Waals surface area contributed by atoms with E-state index in [-0.39, 0.29) is 0 Å². The molecule has 1 unspecified atom stereocenters. The molecule has 4 aromatic rings. The minimum absolute atomic E-state index is 0.402. The summed E-state index contributed by atoms with van der Waals surface area (Å²) in [5.41, 5.74) is 1.38. The summed E-state index contributed by atoms with van der Waals surface area (Å²) in [5.74, 6) is 0. The fraction of sp³-hybridized carbons (Fsp3) is 0.0714. The van der Waals surface area contributed by atoms with Crippen molar-refractivity contribution in [2.75, 3.05) is 0 Å². The van der Waals surface area contributed by atoms with Crippen LogP contribution in [0.1, 0.15) is 5.56 Å². The second kappa shape index (κ2) is 9.28. The van der Waals surface area contributed by atoms with Crippen LogP contribution in [0.4, 0.5) is 0 Å². The van der Waals surface area contributed by atoms with Crippen LogP contribution in [-0.4, -0.2) is 18.4 Å². The zero-order chi connectivity index (χ0) is 19.9. The van der Waals surface area contributed by atoms with E-state index in [2.05, 4.69) is 134 Å². The fourth-order valence-electron chi connectivity index (χ4n) is 4.53. The summed E-state index contributed by atoms with van der Waals surface area (Å²) >= 11 is -3.40. The van der Waals surface area contributed by atoms with Gasteiger partial charge in [0.15, 0.2) is 0 Å². The Labute approximate surface area is 178 Å². The average molecular weight is 481 g/mol. The van der Waals surface area contributed by atoms with Crippen molar-refractivity contribution in [1.29, 1.82) is 0 Å².